The zero-order chi connectivity index (χ0) is 17.0. The quantitative estimate of drug-likeness (QED) is 0.831. The van der Waals surface area contributed by atoms with Gasteiger partial charge < -0.3 is 15.2 Å². The SMILES string of the molecule is CC(C)COc1ncc(C(=O)N[C@H]2CC[C@@H](C(=O)O)C2)cc1Cl. The molecule has 2 atom stereocenters. The Morgan fingerprint density at radius 1 is 1.48 bits per heavy atom. The number of rotatable bonds is 6. The number of nitrogens with one attached hydrogen (secondary N) is 1. The van der Waals surface area contributed by atoms with Crippen LogP contribution in [0.1, 0.15) is 43.5 Å². The first-order chi connectivity index (χ1) is 10.9. The van der Waals surface area contributed by atoms with Crippen molar-refractivity contribution in [3.05, 3.63) is 22.8 Å². The van der Waals surface area contributed by atoms with Gasteiger partial charge in [0.25, 0.3) is 5.91 Å². The van der Waals surface area contributed by atoms with Gasteiger partial charge in [-0.05, 0) is 31.2 Å². The molecule has 0 aliphatic heterocycles. The normalized spacial score (nSPS) is 20.5. The molecule has 23 heavy (non-hydrogen) atoms. The molecule has 7 heteroatoms. The van der Waals surface area contributed by atoms with Crippen LogP contribution in [-0.4, -0.2) is 34.6 Å². The van der Waals surface area contributed by atoms with Gasteiger partial charge >= 0.3 is 5.97 Å². The van der Waals surface area contributed by atoms with Crippen molar-refractivity contribution in [3.63, 3.8) is 0 Å². The summed E-state index contributed by atoms with van der Waals surface area (Å²) in [6, 6.07) is 1.39. The number of halogens is 1. The van der Waals surface area contributed by atoms with Crippen LogP contribution in [0.5, 0.6) is 5.88 Å². The Labute approximate surface area is 140 Å². The molecule has 0 radical (unpaired) electrons. The van der Waals surface area contributed by atoms with Crippen molar-refractivity contribution in [2.45, 2.75) is 39.2 Å². The van der Waals surface area contributed by atoms with E-state index in [-0.39, 0.29) is 22.9 Å². The van der Waals surface area contributed by atoms with Gasteiger partial charge in [0.15, 0.2) is 0 Å². The van der Waals surface area contributed by atoms with Crippen LogP contribution in [-0.2, 0) is 4.79 Å². The van der Waals surface area contributed by atoms with E-state index >= 15 is 0 Å². The Morgan fingerprint density at radius 2 is 2.22 bits per heavy atom. The third kappa shape index (κ3) is 4.82. The molecule has 1 heterocycles. The highest BCUT2D eigenvalue weighted by Gasteiger charge is 2.30. The van der Waals surface area contributed by atoms with Crippen LogP contribution < -0.4 is 10.1 Å². The monoisotopic (exact) mass is 340 g/mol. The number of aromatic nitrogens is 1. The number of hydrogen-bond donors (Lipinski definition) is 2. The highest BCUT2D eigenvalue weighted by Crippen LogP contribution is 2.27. The fourth-order valence-corrected chi connectivity index (χ4v) is 2.73. The van der Waals surface area contributed by atoms with Crippen molar-refractivity contribution in [1.82, 2.24) is 10.3 Å². The average Bonchev–Trinajstić information content (AvgIpc) is 2.94. The van der Waals surface area contributed by atoms with E-state index in [1.165, 1.54) is 12.3 Å². The van der Waals surface area contributed by atoms with Gasteiger partial charge in [-0.15, -0.1) is 0 Å². The summed E-state index contributed by atoms with van der Waals surface area (Å²) in [6.45, 7) is 4.53. The third-order valence-electron chi connectivity index (χ3n) is 3.74. The molecule has 1 aromatic rings. The lowest BCUT2D eigenvalue weighted by atomic mass is 10.1. The van der Waals surface area contributed by atoms with Crippen LogP contribution in [0.4, 0.5) is 0 Å². The number of carbonyl (C=O) groups excluding carboxylic acids is 1. The molecule has 126 valence electrons. The van der Waals surface area contributed by atoms with Crippen LogP contribution in [0, 0.1) is 11.8 Å². The molecule has 0 spiro atoms. The van der Waals surface area contributed by atoms with Gasteiger partial charge in [-0.25, -0.2) is 4.98 Å². The van der Waals surface area contributed by atoms with E-state index in [2.05, 4.69) is 10.3 Å². The van der Waals surface area contributed by atoms with Crippen molar-refractivity contribution >= 4 is 23.5 Å². The Balaban J connectivity index is 1.95. The lowest BCUT2D eigenvalue weighted by Crippen LogP contribution is -2.33. The Morgan fingerprint density at radius 3 is 2.78 bits per heavy atom. The summed E-state index contributed by atoms with van der Waals surface area (Å²) in [7, 11) is 0. The van der Waals surface area contributed by atoms with E-state index in [0.717, 1.165) is 0 Å². The fourth-order valence-electron chi connectivity index (χ4n) is 2.51. The molecule has 0 aromatic carbocycles. The molecule has 1 saturated carbocycles. The van der Waals surface area contributed by atoms with E-state index in [1.807, 2.05) is 13.8 Å². The summed E-state index contributed by atoms with van der Waals surface area (Å²) < 4.78 is 5.47. The molecular weight excluding hydrogens is 320 g/mol. The highest BCUT2D eigenvalue weighted by molar-refractivity contribution is 6.32. The van der Waals surface area contributed by atoms with Gasteiger partial charge in [0.2, 0.25) is 5.88 Å². The summed E-state index contributed by atoms with van der Waals surface area (Å²) in [5.41, 5.74) is 0.339. The van der Waals surface area contributed by atoms with Crippen LogP contribution in [0.3, 0.4) is 0 Å². The zero-order valence-corrected chi connectivity index (χ0v) is 14.0. The van der Waals surface area contributed by atoms with Crippen molar-refractivity contribution in [2.24, 2.45) is 11.8 Å². The second kappa shape index (κ2) is 7.64. The molecule has 0 unspecified atom stereocenters. The van der Waals surface area contributed by atoms with E-state index in [9.17, 15) is 9.59 Å². The Bertz CT molecular complexity index is 591. The maximum absolute atomic E-state index is 12.2. The van der Waals surface area contributed by atoms with Gasteiger partial charge in [0.1, 0.15) is 5.02 Å². The minimum Gasteiger partial charge on any atom is -0.481 e. The standard InChI is InChI=1S/C16H21ClN2O4/c1-9(2)8-23-15-13(17)6-11(7-18-15)14(20)19-12-4-3-10(5-12)16(21)22/h6-7,9-10,12H,3-5,8H2,1-2H3,(H,19,20)(H,21,22)/t10-,12+/m1/s1. The number of aliphatic carboxylic acids is 1. The highest BCUT2D eigenvalue weighted by atomic mass is 35.5. The number of carbonyl (C=O) groups is 2. The van der Waals surface area contributed by atoms with Crippen LogP contribution in [0.25, 0.3) is 0 Å². The molecule has 0 bridgehead atoms. The molecule has 6 nitrogen and oxygen atoms in total. The van der Waals surface area contributed by atoms with Gasteiger partial charge in [-0.1, -0.05) is 25.4 Å². The molecule has 1 fully saturated rings. The van der Waals surface area contributed by atoms with E-state index in [1.54, 1.807) is 0 Å². The smallest absolute Gasteiger partial charge is 0.306 e. The Kier molecular flexibility index (Phi) is 5.82. The maximum atomic E-state index is 12.2. The number of carboxylic acid groups (broad SMARTS) is 1. The Hall–Kier alpha value is -1.82. The number of pyridine rings is 1. The minimum atomic E-state index is -0.807. The lowest BCUT2D eigenvalue weighted by Gasteiger charge is -2.13. The van der Waals surface area contributed by atoms with E-state index < -0.39 is 5.97 Å². The molecule has 1 aliphatic rings. The van der Waals surface area contributed by atoms with Crippen molar-refractivity contribution < 1.29 is 19.4 Å². The minimum absolute atomic E-state index is 0.126. The zero-order valence-electron chi connectivity index (χ0n) is 13.2. The van der Waals surface area contributed by atoms with Crippen LogP contribution in [0.15, 0.2) is 12.3 Å². The van der Waals surface area contributed by atoms with Crippen molar-refractivity contribution in [2.75, 3.05) is 6.61 Å². The maximum Gasteiger partial charge on any atom is 0.306 e. The summed E-state index contributed by atoms with van der Waals surface area (Å²) in [5.74, 6) is -0.832. The molecule has 2 N–H and O–H groups in total. The lowest BCUT2D eigenvalue weighted by molar-refractivity contribution is -0.141. The van der Waals surface area contributed by atoms with Crippen molar-refractivity contribution in [1.29, 1.82) is 0 Å². The molecule has 2 rings (SSSR count). The topological polar surface area (TPSA) is 88.5 Å². The predicted molar refractivity (Wildman–Crippen MR) is 85.8 cm³/mol. The summed E-state index contributed by atoms with van der Waals surface area (Å²) in [6.07, 6.45) is 3.12. The molecule has 0 saturated heterocycles. The van der Waals surface area contributed by atoms with Crippen LogP contribution >= 0.6 is 11.6 Å². The van der Waals surface area contributed by atoms with Gasteiger partial charge in [0, 0.05) is 12.2 Å². The first kappa shape index (κ1) is 17.5. The van der Waals surface area contributed by atoms with Gasteiger partial charge in [-0.3, -0.25) is 9.59 Å². The second-order valence-electron chi connectivity index (χ2n) is 6.23. The third-order valence-corrected chi connectivity index (χ3v) is 4.01. The predicted octanol–water partition coefficient (Wildman–Crippen LogP) is 2.75. The molecule has 1 aliphatic carbocycles. The fraction of sp³-hybridized carbons (Fsp3) is 0.562. The van der Waals surface area contributed by atoms with Gasteiger partial charge in [0.05, 0.1) is 18.1 Å². The van der Waals surface area contributed by atoms with E-state index in [4.69, 9.17) is 21.4 Å². The number of nitrogens with zero attached hydrogens (tertiary/aromatic N) is 1. The van der Waals surface area contributed by atoms with Crippen LogP contribution in [0.2, 0.25) is 5.02 Å². The first-order valence-electron chi connectivity index (χ1n) is 7.68. The average molecular weight is 341 g/mol. The molecule has 1 amide bonds. The number of hydrogen-bond acceptors (Lipinski definition) is 4. The first-order valence-corrected chi connectivity index (χ1v) is 8.06. The van der Waals surface area contributed by atoms with E-state index in [0.29, 0.717) is 43.2 Å². The summed E-state index contributed by atoms with van der Waals surface area (Å²) >= 11 is 6.09. The largest absolute Gasteiger partial charge is 0.481 e. The number of carboxylic acids is 1. The number of ether oxygens (including phenoxy) is 1. The molecule has 1 aromatic heterocycles. The molecular formula is C16H21ClN2O4. The van der Waals surface area contributed by atoms with Crippen molar-refractivity contribution in [3.8, 4) is 5.88 Å². The van der Waals surface area contributed by atoms with Gasteiger partial charge in [-0.2, -0.15) is 0 Å². The summed E-state index contributed by atoms with van der Waals surface area (Å²) in [4.78, 5) is 27.2. The summed E-state index contributed by atoms with van der Waals surface area (Å²) in [5, 5.41) is 12.1. The second-order valence-corrected chi connectivity index (χ2v) is 6.64. The number of amides is 1.